The van der Waals surface area contributed by atoms with Crippen LogP contribution in [0.15, 0.2) is 42.5 Å². The number of aromatic nitrogens is 2. The Bertz CT molecular complexity index is 1170. The molecule has 1 saturated heterocycles. The topological polar surface area (TPSA) is 72.9 Å². The van der Waals surface area contributed by atoms with Crippen LogP contribution in [0, 0.1) is 0 Å². The number of fused-ring (bicyclic) bond motifs is 1. The monoisotopic (exact) mass is 449 g/mol. The average molecular weight is 450 g/mol. The second-order valence-corrected chi connectivity index (χ2v) is 9.64. The molecule has 1 radical (unpaired) electrons. The Morgan fingerprint density at radius 2 is 1.94 bits per heavy atom. The van der Waals surface area contributed by atoms with E-state index >= 15 is 0 Å². The van der Waals surface area contributed by atoms with Crippen LogP contribution < -0.4 is 5.73 Å². The van der Waals surface area contributed by atoms with Crippen LogP contribution in [0.1, 0.15) is 50.8 Å². The van der Waals surface area contributed by atoms with Gasteiger partial charge in [0, 0.05) is 6.54 Å². The van der Waals surface area contributed by atoms with Gasteiger partial charge in [-0.15, -0.1) is 0 Å². The molecule has 1 fully saturated rings. The molecular weight excluding hydrogens is 423 g/mol. The van der Waals surface area contributed by atoms with E-state index in [9.17, 15) is 4.79 Å². The SMILES string of the molecule is [B]=C(N)c1cc(Cl)c2ccc(-c3ccc(C4CCCN(C(=O)OC(C)(C)C)C4)cc3)nn12. The van der Waals surface area contributed by atoms with Crippen molar-refractivity contribution in [3.05, 3.63) is 58.7 Å². The molecule has 32 heavy (non-hydrogen) atoms. The number of piperidine rings is 1. The molecule has 0 saturated carbocycles. The zero-order chi connectivity index (χ0) is 23.0. The molecule has 165 valence electrons. The van der Waals surface area contributed by atoms with Crippen molar-refractivity contribution in [1.82, 2.24) is 14.5 Å². The quantitative estimate of drug-likeness (QED) is 0.602. The van der Waals surface area contributed by atoms with E-state index in [-0.39, 0.29) is 17.6 Å². The van der Waals surface area contributed by atoms with Crippen molar-refractivity contribution in [2.45, 2.75) is 45.1 Å². The Morgan fingerprint density at radius 1 is 1.22 bits per heavy atom. The molecule has 1 unspecified atom stereocenters. The summed E-state index contributed by atoms with van der Waals surface area (Å²) in [6.45, 7) is 7.06. The molecule has 4 rings (SSSR count). The fourth-order valence-electron chi connectivity index (χ4n) is 4.07. The van der Waals surface area contributed by atoms with Gasteiger partial charge < -0.3 is 4.74 Å². The Labute approximate surface area is 194 Å². The Balaban J connectivity index is 1.54. The third kappa shape index (κ3) is 4.68. The van der Waals surface area contributed by atoms with E-state index in [0.717, 1.165) is 36.2 Å². The molecule has 8 heteroatoms. The van der Waals surface area contributed by atoms with Gasteiger partial charge in [-0.2, -0.15) is 0 Å². The van der Waals surface area contributed by atoms with E-state index in [1.54, 1.807) is 10.6 Å². The molecule has 0 bridgehead atoms. The number of halogens is 1. The number of benzene rings is 1. The Morgan fingerprint density at radius 3 is 2.59 bits per heavy atom. The van der Waals surface area contributed by atoms with Crippen molar-refractivity contribution in [3.8, 4) is 11.3 Å². The molecule has 0 spiro atoms. The van der Waals surface area contributed by atoms with Gasteiger partial charge in [-0.1, -0.05) is 0 Å². The number of hydrogen-bond donors (Lipinski definition) is 1. The fourth-order valence-corrected chi connectivity index (χ4v) is 4.32. The van der Waals surface area contributed by atoms with Crippen molar-refractivity contribution in [1.29, 1.82) is 0 Å². The predicted octanol–water partition coefficient (Wildman–Crippen LogP) is 4.37. The molecule has 1 aliphatic heterocycles. The van der Waals surface area contributed by atoms with Gasteiger partial charge in [0.25, 0.3) is 0 Å². The number of carbonyl (C=O) groups is 1. The summed E-state index contributed by atoms with van der Waals surface area (Å²) in [5.74, 6) is 0.280. The van der Waals surface area contributed by atoms with E-state index < -0.39 is 5.60 Å². The maximum atomic E-state index is 12.5. The van der Waals surface area contributed by atoms with Crippen LogP contribution in [0.3, 0.4) is 0 Å². The van der Waals surface area contributed by atoms with E-state index in [4.69, 9.17) is 29.6 Å². The van der Waals surface area contributed by atoms with Crippen molar-refractivity contribution in [3.63, 3.8) is 0 Å². The summed E-state index contributed by atoms with van der Waals surface area (Å²) >= 11 is 6.27. The van der Waals surface area contributed by atoms with Gasteiger partial charge in [0.05, 0.1) is 0 Å². The van der Waals surface area contributed by atoms with Gasteiger partial charge in [0.15, 0.2) is 0 Å². The first-order chi connectivity index (χ1) is 15.1. The first kappa shape index (κ1) is 22.4. The number of carbonyl (C=O) groups excluding carboxylic acids is 1. The Kier molecular flexibility index (Phi) is 6.04. The first-order valence-corrected chi connectivity index (χ1v) is 11.1. The van der Waals surface area contributed by atoms with Crippen LogP contribution in [-0.4, -0.2) is 52.4 Å². The number of nitrogens with two attached hydrogens (primary N) is 1. The number of nitrogens with zero attached hydrogens (tertiary/aromatic N) is 3. The van der Waals surface area contributed by atoms with Crippen molar-refractivity contribution in [2.24, 2.45) is 5.73 Å². The molecule has 2 aromatic heterocycles. The third-order valence-electron chi connectivity index (χ3n) is 5.62. The normalized spacial score (nSPS) is 16.8. The second kappa shape index (κ2) is 8.62. The molecule has 0 aliphatic carbocycles. The summed E-state index contributed by atoms with van der Waals surface area (Å²) in [6.07, 6.45) is 1.76. The van der Waals surface area contributed by atoms with E-state index in [1.807, 2.05) is 37.8 Å². The molecule has 2 N–H and O–H groups in total. The van der Waals surface area contributed by atoms with Gasteiger partial charge in [-0.25, -0.2) is 4.79 Å². The summed E-state index contributed by atoms with van der Waals surface area (Å²) < 4.78 is 7.22. The van der Waals surface area contributed by atoms with Crippen molar-refractivity contribution in [2.75, 3.05) is 13.1 Å². The van der Waals surface area contributed by atoms with E-state index in [0.29, 0.717) is 17.3 Å². The van der Waals surface area contributed by atoms with Crippen LogP contribution in [0.5, 0.6) is 0 Å². The van der Waals surface area contributed by atoms with Gasteiger partial charge >= 0.3 is 152 Å². The number of rotatable bonds is 3. The predicted molar refractivity (Wildman–Crippen MR) is 129 cm³/mol. The number of ether oxygens (including phenoxy) is 1. The minimum absolute atomic E-state index is 0.165. The summed E-state index contributed by atoms with van der Waals surface area (Å²) in [7, 11) is 5.79. The number of hydrogen-bond acceptors (Lipinski definition) is 4. The van der Waals surface area contributed by atoms with Crippen LogP contribution in [-0.2, 0) is 4.74 Å². The van der Waals surface area contributed by atoms with Crippen LogP contribution in [0.4, 0.5) is 4.79 Å². The van der Waals surface area contributed by atoms with Gasteiger partial charge in [0.1, 0.15) is 5.60 Å². The van der Waals surface area contributed by atoms with Crippen LogP contribution >= 0.6 is 11.6 Å². The zero-order valence-corrected chi connectivity index (χ0v) is 19.4. The summed E-state index contributed by atoms with van der Waals surface area (Å²) in [5, 5.41) is 5.23. The molecule has 6 nitrogen and oxygen atoms in total. The molecular formula is C24H27BClN4O2. The fraction of sp³-hybridized carbons (Fsp3) is 0.375. The standard InChI is InChI=1S/C24H27BClN4O2/c1-24(2,3)32-23(31)29-12-4-5-17(14-29)15-6-8-16(9-7-15)19-10-11-20-18(26)13-21(22(25)27)30(20)28-19/h6-11,13,17H,4-5,12,14,27H2,1-3H3. The molecule has 1 aliphatic rings. The third-order valence-corrected chi connectivity index (χ3v) is 5.92. The second-order valence-electron chi connectivity index (χ2n) is 9.24. The minimum atomic E-state index is -0.490. The molecule has 1 amide bonds. The molecule has 3 heterocycles. The van der Waals surface area contributed by atoms with Crippen molar-refractivity contribution >= 4 is 36.3 Å². The average Bonchev–Trinajstić information content (AvgIpc) is 3.09. The maximum absolute atomic E-state index is 12.5. The van der Waals surface area contributed by atoms with Crippen LogP contribution in [0.2, 0.25) is 5.02 Å². The number of likely N-dealkylation sites (tertiary alicyclic amines) is 1. The number of amides is 1. The first-order valence-electron chi connectivity index (χ1n) is 10.8. The molecule has 3 aromatic rings. The Hall–Kier alpha value is -2.80. The van der Waals surface area contributed by atoms with Gasteiger partial charge in [-0.05, 0) is 20.8 Å². The summed E-state index contributed by atoms with van der Waals surface area (Å²) in [5.41, 5.74) is 9.76. The molecule has 1 atom stereocenters. The van der Waals surface area contributed by atoms with Crippen molar-refractivity contribution < 1.29 is 9.53 Å². The van der Waals surface area contributed by atoms with Crippen LogP contribution in [0.25, 0.3) is 16.8 Å². The van der Waals surface area contributed by atoms with Gasteiger partial charge in [0.2, 0.25) is 0 Å². The zero-order valence-electron chi connectivity index (χ0n) is 18.6. The summed E-state index contributed by atoms with van der Waals surface area (Å²) in [6, 6.07) is 13.9. The van der Waals surface area contributed by atoms with Gasteiger partial charge in [-0.3, -0.25) is 0 Å². The van der Waals surface area contributed by atoms with E-state index in [2.05, 4.69) is 29.4 Å². The van der Waals surface area contributed by atoms with E-state index in [1.165, 1.54) is 5.56 Å². The molecule has 1 aromatic carbocycles. The summed E-state index contributed by atoms with van der Waals surface area (Å²) in [4.78, 5) is 14.3.